The molecule has 1 saturated heterocycles. The number of carbonyl (C=O) groups excluding carboxylic acids is 1. The summed E-state index contributed by atoms with van der Waals surface area (Å²) in [5.41, 5.74) is -0.204. The van der Waals surface area contributed by atoms with Crippen LogP contribution in [-0.4, -0.2) is 25.0 Å². The highest BCUT2D eigenvalue weighted by molar-refractivity contribution is 6.31. The Balaban J connectivity index is 1.99. The van der Waals surface area contributed by atoms with Crippen LogP contribution in [0.4, 0.5) is 10.1 Å². The summed E-state index contributed by atoms with van der Waals surface area (Å²) < 4.78 is 13.2. The molecule has 1 aliphatic heterocycles. The van der Waals surface area contributed by atoms with Gasteiger partial charge in [0.05, 0.1) is 11.1 Å². The molecule has 0 saturated carbocycles. The lowest BCUT2D eigenvalue weighted by Gasteiger charge is -2.21. The zero-order valence-corrected chi connectivity index (χ0v) is 12.7. The maximum atomic E-state index is 13.2. The Morgan fingerprint density at radius 1 is 1.57 bits per heavy atom. The first-order valence-electron chi connectivity index (χ1n) is 6.75. The number of nitriles is 1. The van der Waals surface area contributed by atoms with E-state index in [-0.39, 0.29) is 17.0 Å². The van der Waals surface area contributed by atoms with Crippen LogP contribution in [0, 0.1) is 22.6 Å². The molecule has 21 heavy (non-hydrogen) atoms. The third-order valence-electron chi connectivity index (χ3n) is 3.64. The molecule has 0 radical (unpaired) electrons. The number of benzene rings is 1. The SMILES string of the molecule is CC(C)(C#N)C(=O)N[C@H]1CCN(c2ccc(F)c(Cl)c2)C1. The maximum Gasteiger partial charge on any atom is 0.240 e. The fourth-order valence-electron chi connectivity index (χ4n) is 2.21. The normalized spacial score (nSPS) is 18.4. The zero-order chi connectivity index (χ0) is 15.6. The molecule has 1 aromatic rings. The first-order valence-corrected chi connectivity index (χ1v) is 7.13. The van der Waals surface area contributed by atoms with Crippen LogP contribution in [-0.2, 0) is 4.79 Å². The molecule has 0 spiro atoms. The van der Waals surface area contributed by atoms with Gasteiger partial charge in [0.2, 0.25) is 5.91 Å². The zero-order valence-electron chi connectivity index (χ0n) is 12.0. The van der Waals surface area contributed by atoms with Crippen molar-refractivity contribution >= 4 is 23.2 Å². The Morgan fingerprint density at radius 2 is 2.29 bits per heavy atom. The number of halogens is 2. The van der Waals surface area contributed by atoms with Gasteiger partial charge >= 0.3 is 0 Å². The van der Waals surface area contributed by atoms with E-state index in [4.69, 9.17) is 16.9 Å². The molecule has 1 amide bonds. The number of nitrogens with one attached hydrogen (secondary N) is 1. The van der Waals surface area contributed by atoms with Crippen molar-refractivity contribution in [2.45, 2.75) is 26.3 Å². The second-order valence-corrected chi connectivity index (χ2v) is 6.15. The molecule has 1 atom stereocenters. The van der Waals surface area contributed by atoms with Crippen molar-refractivity contribution in [2.75, 3.05) is 18.0 Å². The molecule has 0 unspecified atom stereocenters. The van der Waals surface area contributed by atoms with Gasteiger partial charge in [-0.1, -0.05) is 11.6 Å². The molecule has 2 rings (SSSR count). The fraction of sp³-hybridized carbons (Fsp3) is 0.467. The van der Waals surface area contributed by atoms with Gasteiger partial charge in [-0.05, 0) is 38.5 Å². The topological polar surface area (TPSA) is 56.1 Å². The van der Waals surface area contributed by atoms with Crippen LogP contribution < -0.4 is 10.2 Å². The molecule has 6 heteroatoms. The lowest BCUT2D eigenvalue weighted by atomic mass is 9.94. The predicted molar refractivity (Wildman–Crippen MR) is 79.6 cm³/mol. The van der Waals surface area contributed by atoms with Gasteiger partial charge in [0, 0.05) is 24.8 Å². The molecule has 1 aliphatic rings. The van der Waals surface area contributed by atoms with Crippen molar-refractivity contribution in [2.24, 2.45) is 5.41 Å². The Bertz CT molecular complexity index is 597. The average molecular weight is 310 g/mol. The third-order valence-corrected chi connectivity index (χ3v) is 3.93. The minimum atomic E-state index is -1.04. The van der Waals surface area contributed by atoms with Gasteiger partial charge in [-0.2, -0.15) is 5.26 Å². The number of hydrogen-bond donors (Lipinski definition) is 1. The summed E-state index contributed by atoms with van der Waals surface area (Å²) in [6.07, 6.45) is 0.780. The summed E-state index contributed by atoms with van der Waals surface area (Å²) >= 11 is 5.78. The molecule has 0 bridgehead atoms. The van der Waals surface area contributed by atoms with Crippen LogP contribution in [0.1, 0.15) is 20.3 Å². The van der Waals surface area contributed by atoms with Crippen molar-refractivity contribution < 1.29 is 9.18 Å². The van der Waals surface area contributed by atoms with Crippen LogP contribution >= 0.6 is 11.6 Å². The van der Waals surface area contributed by atoms with E-state index in [1.807, 2.05) is 11.0 Å². The highest BCUT2D eigenvalue weighted by Crippen LogP contribution is 2.26. The average Bonchev–Trinajstić information content (AvgIpc) is 2.90. The molecular weight excluding hydrogens is 293 g/mol. The number of nitrogens with zero attached hydrogens (tertiary/aromatic N) is 2. The fourth-order valence-corrected chi connectivity index (χ4v) is 2.39. The van der Waals surface area contributed by atoms with Crippen LogP contribution in [0.3, 0.4) is 0 Å². The molecule has 1 heterocycles. The molecular formula is C15H17ClFN3O. The van der Waals surface area contributed by atoms with Crippen molar-refractivity contribution in [3.05, 3.63) is 29.0 Å². The summed E-state index contributed by atoms with van der Waals surface area (Å²) in [5.74, 6) is -0.714. The highest BCUT2D eigenvalue weighted by Gasteiger charge is 2.31. The lowest BCUT2D eigenvalue weighted by molar-refractivity contribution is -0.127. The Kier molecular flexibility index (Phi) is 4.38. The monoisotopic (exact) mass is 309 g/mol. The van der Waals surface area contributed by atoms with Gasteiger partial charge in [0.25, 0.3) is 0 Å². The second-order valence-electron chi connectivity index (χ2n) is 5.74. The van der Waals surface area contributed by atoms with Gasteiger partial charge in [-0.15, -0.1) is 0 Å². The highest BCUT2D eigenvalue weighted by atomic mass is 35.5. The van der Waals surface area contributed by atoms with E-state index in [2.05, 4.69) is 5.32 Å². The third kappa shape index (κ3) is 3.45. The van der Waals surface area contributed by atoms with Crippen LogP contribution in [0.25, 0.3) is 0 Å². The number of anilines is 1. The molecule has 0 aromatic heterocycles. The number of hydrogen-bond acceptors (Lipinski definition) is 3. The largest absolute Gasteiger partial charge is 0.369 e. The molecule has 0 aliphatic carbocycles. The van der Waals surface area contributed by atoms with E-state index in [1.54, 1.807) is 26.0 Å². The van der Waals surface area contributed by atoms with E-state index in [9.17, 15) is 9.18 Å². The molecule has 1 N–H and O–H groups in total. The summed E-state index contributed by atoms with van der Waals surface area (Å²) in [6.45, 7) is 4.55. The first kappa shape index (κ1) is 15.6. The Hall–Kier alpha value is -1.80. The number of amides is 1. The van der Waals surface area contributed by atoms with Crippen LogP contribution in [0.5, 0.6) is 0 Å². The molecule has 4 nitrogen and oxygen atoms in total. The van der Waals surface area contributed by atoms with E-state index in [1.165, 1.54) is 6.07 Å². The maximum absolute atomic E-state index is 13.2. The molecule has 1 aromatic carbocycles. The van der Waals surface area contributed by atoms with Gasteiger partial charge in [-0.3, -0.25) is 4.79 Å². The van der Waals surface area contributed by atoms with Crippen molar-refractivity contribution in [1.82, 2.24) is 5.32 Å². The number of rotatable bonds is 3. The van der Waals surface area contributed by atoms with E-state index in [0.29, 0.717) is 6.54 Å². The van der Waals surface area contributed by atoms with Crippen LogP contribution in [0.2, 0.25) is 5.02 Å². The first-order chi connectivity index (χ1) is 9.83. The lowest BCUT2D eigenvalue weighted by Crippen LogP contribution is -2.43. The quantitative estimate of drug-likeness (QED) is 0.934. The van der Waals surface area contributed by atoms with E-state index >= 15 is 0 Å². The van der Waals surface area contributed by atoms with Gasteiger partial charge in [-0.25, -0.2) is 4.39 Å². The van der Waals surface area contributed by atoms with Gasteiger partial charge < -0.3 is 10.2 Å². The summed E-state index contributed by atoms with van der Waals surface area (Å²) in [5, 5.41) is 11.9. The number of carbonyl (C=O) groups is 1. The van der Waals surface area contributed by atoms with Crippen molar-refractivity contribution in [3.8, 4) is 6.07 Å². The Labute approximate surface area is 128 Å². The van der Waals surface area contributed by atoms with E-state index in [0.717, 1.165) is 18.7 Å². The summed E-state index contributed by atoms with van der Waals surface area (Å²) in [4.78, 5) is 14.0. The molecule has 1 fully saturated rings. The minimum absolute atomic E-state index is 0.0195. The van der Waals surface area contributed by atoms with Crippen molar-refractivity contribution in [1.29, 1.82) is 5.26 Å². The van der Waals surface area contributed by atoms with Gasteiger partial charge in [0.1, 0.15) is 11.2 Å². The standard InChI is InChI=1S/C15H17ClFN3O/c1-15(2,9-18)14(21)19-10-5-6-20(8-10)11-3-4-13(17)12(16)7-11/h3-4,7,10H,5-6,8H2,1-2H3,(H,19,21)/t10-/m0/s1. The predicted octanol–water partition coefficient (Wildman–Crippen LogP) is 2.72. The smallest absolute Gasteiger partial charge is 0.240 e. The summed E-state index contributed by atoms with van der Waals surface area (Å²) in [6, 6.07) is 6.56. The second kappa shape index (κ2) is 5.90. The Morgan fingerprint density at radius 3 is 2.90 bits per heavy atom. The van der Waals surface area contributed by atoms with E-state index < -0.39 is 11.2 Å². The van der Waals surface area contributed by atoms with Crippen LogP contribution in [0.15, 0.2) is 18.2 Å². The van der Waals surface area contributed by atoms with Crippen molar-refractivity contribution in [3.63, 3.8) is 0 Å². The van der Waals surface area contributed by atoms with Gasteiger partial charge in [0.15, 0.2) is 0 Å². The molecule has 112 valence electrons. The minimum Gasteiger partial charge on any atom is -0.369 e. The summed E-state index contributed by atoms with van der Waals surface area (Å²) in [7, 11) is 0.